The smallest absolute Gasteiger partial charge is 0.124 e. The Bertz CT molecular complexity index is 615. The van der Waals surface area contributed by atoms with Gasteiger partial charge in [-0.15, -0.1) is 0 Å². The summed E-state index contributed by atoms with van der Waals surface area (Å²) in [5.41, 5.74) is 3.80. The molecule has 0 fully saturated rings. The summed E-state index contributed by atoms with van der Waals surface area (Å²) in [6.07, 6.45) is 0. The first-order valence-electron chi connectivity index (χ1n) is 6.58. The van der Waals surface area contributed by atoms with E-state index in [2.05, 4.69) is 67.1 Å². The van der Waals surface area contributed by atoms with Crippen LogP contribution >= 0.6 is 31.9 Å². The molecule has 1 aliphatic heterocycles. The van der Waals surface area contributed by atoms with Gasteiger partial charge >= 0.3 is 0 Å². The van der Waals surface area contributed by atoms with Gasteiger partial charge in [0.1, 0.15) is 12.4 Å². The van der Waals surface area contributed by atoms with Crippen molar-refractivity contribution in [1.29, 1.82) is 0 Å². The van der Waals surface area contributed by atoms with Crippen molar-refractivity contribution in [2.45, 2.75) is 11.9 Å². The third-order valence-electron chi connectivity index (χ3n) is 3.48. The maximum atomic E-state index is 5.84. The van der Waals surface area contributed by atoms with Crippen LogP contribution in [0.3, 0.4) is 0 Å². The molecule has 3 rings (SSSR count). The fourth-order valence-electron chi connectivity index (χ4n) is 2.48. The predicted molar refractivity (Wildman–Crippen MR) is 89.8 cm³/mol. The van der Waals surface area contributed by atoms with Crippen molar-refractivity contribution in [3.8, 4) is 5.75 Å². The molecule has 0 N–H and O–H groups in total. The van der Waals surface area contributed by atoms with Gasteiger partial charge in [-0.1, -0.05) is 56.1 Å². The number of fused-ring (bicyclic) bond motifs is 1. The van der Waals surface area contributed by atoms with Gasteiger partial charge < -0.3 is 9.64 Å². The molecule has 0 atom stereocenters. The Balaban J connectivity index is 1.97. The molecule has 104 valence electrons. The molecular weight excluding hydrogens is 382 g/mol. The van der Waals surface area contributed by atoms with E-state index < -0.39 is 0 Å². The largest absolute Gasteiger partial charge is 0.491 e. The van der Waals surface area contributed by atoms with Crippen molar-refractivity contribution in [1.82, 2.24) is 0 Å². The molecule has 0 spiro atoms. The molecule has 0 radical (unpaired) electrons. The first-order chi connectivity index (χ1) is 9.78. The van der Waals surface area contributed by atoms with Gasteiger partial charge in [-0.2, -0.15) is 0 Å². The molecule has 0 saturated carbocycles. The van der Waals surface area contributed by atoms with E-state index in [1.165, 1.54) is 16.8 Å². The second-order valence-corrected chi connectivity index (χ2v) is 6.26. The van der Waals surface area contributed by atoms with Gasteiger partial charge in [0.25, 0.3) is 0 Å². The van der Waals surface area contributed by atoms with Crippen molar-refractivity contribution in [3.05, 3.63) is 58.1 Å². The van der Waals surface area contributed by atoms with E-state index in [-0.39, 0.29) is 0 Å². The highest BCUT2D eigenvalue weighted by Crippen LogP contribution is 2.31. The minimum atomic E-state index is 0.714. The van der Waals surface area contributed by atoms with Gasteiger partial charge in [0.2, 0.25) is 0 Å². The van der Waals surface area contributed by atoms with E-state index in [4.69, 9.17) is 4.74 Å². The van der Waals surface area contributed by atoms with E-state index in [0.29, 0.717) is 6.61 Å². The molecule has 0 amide bonds. The van der Waals surface area contributed by atoms with E-state index in [1.54, 1.807) is 0 Å². The van der Waals surface area contributed by atoms with Crippen LogP contribution in [0.1, 0.15) is 11.1 Å². The van der Waals surface area contributed by atoms with Crippen LogP contribution in [-0.4, -0.2) is 13.2 Å². The highest BCUT2D eigenvalue weighted by atomic mass is 79.9. The Morgan fingerprint density at radius 2 is 2.00 bits per heavy atom. The highest BCUT2D eigenvalue weighted by molar-refractivity contribution is 9.10. The molecule has 20 heavy (non-hydrogen) atoms. The van der Waals surface area contributed by atoms with Gasteiger partial charge in [-0.25, -0.2) is 0 Å². The number of nitrogens with zero attached hydrogens (tertiary/aromatic N) is 1. The second-order valence-electron chi connectivity index (χ2n) is 4.78. The average Bonchev–Trinajstić information content (AvgIpc) is 2.69. The Hall–Kier alpha value is -1.00. The van der Waals surface area contributed by atoms with Gasteiger partial charge in [0.05, 0.1) is 6.54 Å². The van der Waals surface area contributed by atoms with Crippen molar-refractivity contribution in [3.63, 3.8) is 0 Å². The average molecular weight is 397 g/mol. The fourth-order valence-corrected chi connectivity index (χ4v) is 3.30. The van der Waals surface area contributed by atoms with E-state index in [9.17, 15) is 0 Å². The number of alkyl halides is 1. The fraction of sp³-hybridized carbons (Fsp3) is 0.250. The second kappa shape index (κ2) is 6.19. The summed E-state index contributed by atoms with van der Waals surface area (Å²) in [6, 6.07) is 14.7. The lowest BCUT2D eigenvalue weighted by atomic mass is 10.1. The van der Waals surface area contributed by atoms with E-state index in [0.717, 1.165) is 28.6 Å². The molecular formula is C16H15Br2NO. The monoisotopic (exact) mass is 395 g/mol. The molecule has 4 heteroatoms. The van der Waals surface area contributed by atoms with Gasteiger partial charge in [-0.3, -0.25) is 0 Å². The topological polar surface area (TPSA) is 12.5 Å². The van der Waals surface area contributed by atoms with E-state index >= 15 is 0 Å². The van der Waals surface area contributed by atoms with Crippen LogP contribution in [0.4, 0.5) is 5.69 Å². The number of hydrogen-bond donors (Lipinski definition) is 0. The molecule has 0 bridgehead atoms. The summed E-state index contributed by atoms with van der Waals surface area (Å²) >= 11 is 7.15. The first kappa shape index (κ1) is 14.0. The number of ether oxygens (including phenoxy) is 1. The summed E-state index contributed by atoms with van der Waals surface area (Å²) < 4.78 is 6.95. The zero-order chi connectivity index (χ0) is 13.9. The summed E-state index contributed by atoms with van der Waals surface area (Å²) in [5.74, 6) is 1.00. The van der Waals surface area contributed by atoms with Gasteiger partial charge in [-0.05, 0) is 23.8 Å². The van der Waals surface area contributed by atoms with Crippen molar-refractivity contribution in [2.24, 2.45) is 0 Å². The molecule has 1 aliphatic rings. The summed E-state index contributed by atoms with van der Waals surface area (Å²) in [5, 5.41) is 0.856. The molecule has 2 nitrogen and oxygen atoms in total. The lowest BCUT2D eigenvalue weighted by Crippen LogP contribution is -2.26. The third kappa shape index (κ3) is 2.86. The maximum Gasteiger partial charge on any atom is 0.124 e. The van der Waals surface area contributed by atoms with Crippen LogP contribution in [0, 0.1) is 0 Å². The molecule has 2 aromatic carbocycles. The summed E-state index contributed by atoms with van der Waals surface area (Å²) in [4.78, 5) is 2.38. The predicted octanol–water partition coefficient (Wildman–Crippen LogP) is 4.74. The first-order valence-corrected chi connectivity index (χ1v) is 8.49. The summed E-state index contributed by atoms with van der Waals surface area (Å²) in [6.45, 7) is 2.49. The zero-order valence-electron chi connectivity index (χ0n) is 11.0. The van der Waals surface area contributed by atoms with Crippen LogP contribution in [0.2, 0.25) is 0 Å². The maximum absolute atomic E-state index is 5.84. The Kier molecular flexibility index (Phi) is 4.32. The van der Waals surface area contributed by atoms with Crippen molar-refractivity contribution >= 4 is 37.5 Å². The molecule has 2 aromatic rings. The molecule has 0 aliphatic carbocycles. The van der Waals surface area contributed by atoms with Crippen LogP contribution < -0.4 is 9.64 Å². The van der Waals surface area contributed by atoms with Crippen LogP contribution in [0.25, 0.3) is 0 Å². The van der Waals surface area contributed by atoms with Crippen LogP contribution in [0.15, 0.2) is 46.9 Å². The normalized spacial score (nSPS) is 14.4. The van der Waals surface area contributed by atoms with Crippen LogP contribution in [0.5, 0.6) is 5.75 Å². The van der Waals surface area contributed by atoms with Crippen LogP contribution in [-0.2, 0) is 11.9 Å². The minimum absolute atomic E-state index is 0.714. The number of benzene rings is 2. The number of halogens is 2. The quantitative estimate of drug-likeness (QED) is 0.679. The molecule has 1 heterocycles. The van der Waals surface area contributed by atoms with Gasteiger partial charge in [0.15, 0.2) is 0 Å². The Morgan fingerprint density at radius 1 is 1.15 bits per heavy atom. The standard InChI is InChI=1S/C16H15Br2NO/c17-10-12-5-6-14(18)9-15(12)19-7-8-20-16-4-2-1-3-13(16)11-19/h1-6,9H,7-8,10-11H2. The molecule has 0 unspecified atom stereocenters. The third-order valence-corrected chi connectivity index (χ3v) is 4.58. The van der Waals surface area contributed by atoms with Gasteiger partial charge in [0, 0.05) is 27.6 Å². The summed E-state index contributed by atoms with van der Waals surface area (Å²) in [7, 11) is 0. The number of para-hydroxylation sites is 1. The molecule has 0 aromatic heterocycles. The number of rotatable bonds is 2. The zero-order valence-corrected chi connectivity index (χ0v) is 14.2. The Labute approximate surface area is 136 Å². The lowest BCUT2D eigenvalue weighted by Gasteiger charge is -2.25. The van der Waals surface area contributed by atoms with Crippen molar-refractivity contribution in [2.75, 3.05) is 18.1 Å². The highest BCUT2D eigenvalue weighted by Gasteiger charge is 2.17. The SMILES string of the molecule is BrCc1ccc(Br)cc1N1CCOc2ccccc2C1. The van der Waals surface area contributed by atoms with E-state index in [1.807, 2.05) is 12.1 Å². The Morgan fingerprint density at radius 3 is 2.85 bits per heavy atom. The molecule has 0 saturated heterocycles. The minimum Gasteiger partial charge on any atom is -0.491 e. The lowest BCUT2D eigenvalue weighted by molar-refractivity contribution is 0.331. The van der Waals surface area contributed by atoms with Crippen molar-refractivity contribution < 1.29 is 4.74 Å². The number of anilines is 1. The number of hydrogen-bond acceptors (Lipinski definition) is 2.